The molecule has 0 saturated heterocycles. The Bertz CT molecular complexity index is 1420. The van der Waals surface area contributed by atoms with Crippen molar-refractivity contribution in [2.75, 3.05) is 0 Å². The lowest BCUT2D eigenvalue weighted by Gasteiger charge is -2.10. The summed E-state index contributed by atoms with van der Waals surface area (Å²) in [6.07, 6.45) is -9.71. The van der Waals surface area contributed by atoms with Crippen molar-refractivity contribution >= 4 is 16.7 Å². The number of aliphatic hydroxyl groups is 1. The molecule has 0 radical (unpaired) electrons. The van der Waals surface area contributed by atoms with Crippen LogP contribution < -0.4 is 15.1 Å². The minimum absolute atomic E-state index is 0.144. The maximum Gasteiger partial charge on any atom is 0.573 e. The number of hydrogen-bond acceptors (Lipinski definition) is 4. The zero-order valence-electron chi connectivity index (χ0n) is 18.6. The summed E-state index contributed by atoms with van der Waals surface area (Å²) in [4.78, 5) is 4.54. The zero-order chi connectivity index (χ0) is 26.1. The normalized spacial score (nSPS) is 12.8. The van der Waals surface area contributed by atoms with Gasteiger partial charge in [0.25, 0.3) is 0 Å². The largest absolute Gasteiger partial charge is 0.573 e. The van der Waals surface area contributed by atoms with Crippen molar-refractivity contribution in [3.63, 3.8) is 0 Å². The molecule has 0 aliphatic rings. The Kier molecular flexibility index (Phi) is 6.72. The lowest BCUT2D eigenvalue weighted by Crippen LogP contribution is -2.24. The molecule has 1 aromatic heterocycles. The van der Waals surface area contributed by atoms with Crippen molar-refractivity contribution in [2.24, 2.45) is 12.0 Å². The topological polar surface area (TPSA) is 60.9 Å². The van der Waals surface area contributed by atoms with E-state index in [9.17, 15) is 31.4 Å². The van der Waals surface area contributed by atoms with Crippen LogP contribution in [-0.2, 0) is 20.2 Å². The van der Waals surface area contributed by atoms with Crippen LogP contribution >= 0.6 is 0 Å². The summed E-state index contributed by atoms with van der Waals surface area (Å²) in [5.74, 6) is -0.825. The number of fused-ring (bicyclic) bond motifs is 1. The van der Waals surface area contributed by atoms with E-state index >= 15 is 0 Å². The van der Waals surface area contributed by atoms with Crippen LogP contribution in [0.15, 0.2) is 71.7 Å². The van der Waals surface area contributed by atoms with Gasteiger partial charge in [0, 0.05) is 13.1 Å². The quantitative estimate of drug-likeness (QED) is 0.346. The smallest absolute Gasteiger partial charge is 0.406 e. The Labute approximate surface area is 200 Å². The number of benzene rings is 3. The lowest BCUT2D eigenvalue weighted by atomic mass is 10.1. The van der Waals surface area contributed by atoms with Gasteiger partial charge in [-0.2, -0.15) is 0 Å². The number of halogens is 6. The zero-order valence-corrected chi connectivity index (χ0v) is 18.6. The summed E-state index contributed by atoms with van der Waals surface area (Å²) in [7, 11) is 1.66. The molecule has 6 nitrogen and oxygen atoms in total. The van der Waals surface area contributed by atoms with Gasteiger partial charge in [-0.05, 0) is 47.5 Å². The number of aryl methyl sites for hydroxylation is 1. The first-order chi connectivity index (χ1) is 16.9. The van der Waals surface area contributed by atoms with Gasteiger partial charge in [-0.25, -0.2) is 4.99 Å². The van der Waals surface area contributed by atoms with Crippen molar-refractivity contribution in [3.8, 4) is 11.5 Å². The van der Waals surface area contributed by atoms with Crippen LogP contribution in [0.3, 0.4) is 0 Å². The van der Waals surface area contributed by atoms with E-state index in [1.807, 2.05) is 0 Å². The number of hydrogen-bond donors (Lipinski definition) is 1. The number of nitrogens with zero attached hydrogens (tertiary/aromatic N) is 3. The van der Waals surface area contributed by atoms with E-state index in [1.54, 1.807) is 40.4 Å². The Morgan fingerprint density at radius 1 is 0.750 bits per heavy atom. The highest BCUT2D eigenvalue weighted by Crippen LogP contribution is 2.28. The second-order valence-corrected chi connectivity index (χ2v) is 7.77. The van der Waals surface area contributed by atoms with Gasteiger partial charge in [0.05, 0.1) is 29.9 Å². The van der Waals surface area contributed by atoms with E-state index in [0.29, 0.717) is 27.9 Å². The number of aliphatic hydroxyl groups excluding tert-OH is 1. The standard InChI is InChI=1S/C24H19F6N3O3/c1-32-20-11-10-19(36-24(28,29)30)12-21(20)33(13-15-2-4-16(14-34)5-3-15)22(32)31-17-6-8-18(9-7-17)35-23(25,26)27/h2-12,34H,13-14H2,1H3/b31-22+. The molecule has 0 saturated carbocycles. The molecule has 0 aliphatic carbocycles. The van der Waals surface area contributed by atoms with E-state index in [0.717, 1.165) is 17.7 Å². The molecule has 1 heterocycles. The monoisotopic (exact) mass is 511 g/mol. The van der Waals surface area contributed by atoms with Crippen molar-refractivity contribution in [3.05, 3.63) is 83.5 Å². The molecule has 4 rings (SSSR count). The maximum atomic E-state index is 12.8. The third-order valence-electron chi connectivity index (χ3n) is 5.22. The first-order valence-corrected chi connectivity index (χ1v) is 10.5. The van der Waals surface area contributed by atoms with Gasteiger partial charge in [-0.1, -0.05) is 24.3 Å². The lowest BCUT2D eigenvalue weighted by molar-refractivity contribution is -0.275. The van der Waals surface area contributed by atoms with Crippen LogP contribution in [0.4, 0.5) is 32.0 Å². The van der Waals surface area contributed by atoms with Crippen molar-refractivity contribution in [1.82, 2.24) is 9.13 Å². The second-order valence-electron chi connectivity index (χ2n) is 7.77. The van der Waals surface area contributed by atoms with Crippen LogP contribution in [0.5, 0.6) is 11.5 Å². The molecule has 0 unspecified atom stereocenters. The first-order valence-electron chi connectivity index (χ1n) is 10.5. The maximum absolute atomic E-state index is 12.8. The van der Waals surface area contributed by atoms with Crippen molar-refractivity contribution in [2.45, 2.75) is 25.9 Å². The Morgan fingerprint density at radius 3 is 1.89 bits per heavy atom. The molecule has 3 aromatic carbocycles. The molecule has 36 heavy (non-hydrogen) atoms. The average molecular weight is 511 g/mol. The fourth-order valence-corrected chi connectivity index (χ4v) is 3.66. The van der Waals surface area contributed by atoms with Crippen LogP contribution in [0.25, 0.3) is 11.0 Å². The summed E-state index contributed by atoms with van der Waals surface area (Å²) in [6, 6.07) is 15.7. The number of ether oxygens (including phenoxy) is 2. The molecule has 4 aromatic rings. The number of imidazole rings is 1. The Hall–Kier alpha value is -3.93. The molecule has 190 valence electrons. The summed E-state index contributed by atoms with van der Waals surface area (Å²) in [5.41, 5.74) is 3.02. The Balaban J connectivity index is 1.83. The van der Waals surface area contributed by atoms with Crippen LogP contribution in [0.2, 0.25) is 0 Å². The molecule has 0 atom stereocenters. The Morgan fingerprint density at radius 2 is 1.31 bits per heavy atom. The van der Waals surface area contributed by atoms with Crippen LogP contribution in [0.1, 0.15) is 11.1 Å². The van der Waals surface area contributed by atoms with Gasteiger partial charge in [0.2, 0.25) is 5.62 Å². The fourth-order valence-electron chi connectivity index (χ4n) is 3.66. The minimum atomic E-state index is -4.87. The third-order valence-corrected chi connectivity index (χ3v) is 5.22. The number of aromatic nitrogens is 2. The average Bonchev–Trinajstić information content (AvgIpc) is 3.04. The third kappa shape index (κ3) is 6.00. The molecule has 12 heteroatoms. The molecule has 0 fully saturated rings. The summed E-state index contributed by atoms with van der Waals surface area (Å²) < 4.78 is 87.1. The number of alkyl halides is 6. The van der Waals surface area contributed by atoms with Crippen molar-refractivity contribution in [1.29, 1.82) is 0 Å². The molecule has 0 aliphatic heterocycles. The molecule has 1 N–H and O–H groups in total. The number of rotatable bonds is 6. The molecule has 0 amide bonds. The van der Waals surface area contributed by atoms with Crippen molar-refractivity contribution < 1.29 is 40.9 Å². The predicted molar refractivity (Wildman–Crippen MR) is 117 cm³/mol. The van der Waals surface area contributed by atoms with Gasteiger partial charge in [-0.3, -0.25) is 0 Å². The summed E-state index contributed by atoms with van der Waals surface area (Å²) in [5, 5.41) is 9.28. The minimum Gasteiger partial charge on any atom is -0.406 e. The summed E-state index contributed by atoms with van der Waals surface area (Å²) >= 11 is 0. The molecule has 0 spiro atoms. The summed E-state index contributed by atoms with van der Waals surface area (Å²) in [6.45, 7) is 0.0566. The van der Waals surface area contributed by atoms with Crippen LogP contribution in [-0.4, -0.2) is 27.0 Å². The highest BCUT2D eigenvalue weighted by molar-refractivity contribution is 5.78. The second kappa shape index (κ2) is 9.61. The molecular weight excluding hydrogens is 492 g/mol. The van der Waals surface area contributed by atoms with Gasteiger partial charge in [0.1, 0.15) is 11.5 Å². The van der Waals surface area contributed by atoms with E-state index in [1.165, 1.54) is 30.3 Å². The van der Waals surface area contributed by atoms with E-state index < -0.39 is 24.2 Å². The molecular formula is C24H19F6N3O3. The van der Waals surface area contributed by atoms with Crippen LogP contribution in [0, 0.1) is 0 Å². The predicted octanol–water partition coefficient (Wildman–Crippen LogP) is 5.55. The molecule has 0 bridgehead atoms. The van der Waals surface area contributed by atoms with Gasteiger partial charge < -0.3 is 23.7 Å². The highest BCUT2D eigenvalue weighted by atomic mass is 19.4. The first kappa shape index (κ1) is 25.2. The highest BCUT2D eigenvalue weighted by Gasteiger charge is 2.32. The van der Waals surface area contributed by atoms with E-state index in [-0.39, 0.29) is 13.2 Å². The SMILES string of the molecule is Cn1/c(=N\c2ccc(OC(F)(F)F)cc2)n(Cc2ccc(CO)cc2)c2cc(OC(F)(F)F)ccc21. The van der Waals surface area contributed by atoms with Gasteiger partial charge in [-0.15, -0.1) is 26.3 Å². The van der Waals surface area contributed by atoms with Gasteiger partial charge >= 0.3 is 12.7 Å². The van der Waals surface area contributed by atoms with Gasteiger partial charge in [0.15, 0.2) is 0 Å². The fraction of sp³-hybridized carbons (Fsp3) is 0.208. The van der Waals surface area contributed by atoms with E-state index in [2.05, 4.69) is 14.5 Å². The van der Waals surface area contributed by atoms with E-state index in [4.69, 9.17) is 0 Å².